The molecule has 0 fully saturated rings. The number of nitrogens with zero attached hydrogens (tertiary/aromatic N) is 2. The van der Waals surface area contributed by atoms with Crippen molar-refractivity contribution in [3.8, 4) is 0 Å². The Morgan fingerprint density at radius 1 is 1.55 bits per heavy atom. The van der Waals surface area contributed by atoms with Crippen LogP contribution in [0.25, 0.3) is 0 Å². The number of hydrogen-bond donors (Lipinski definition) is 3. The summed E-state index contributed by atoms with van der Waals surface area (Å²) in [5.74, 6) is 0.127. The molecule has 6 nitrogen and oxygen atoms in total. The molecule has 1 aromatic rings. The fraction of sp³-hybridized carbons (Fsp3) is 0.429. The highest BCUT2D eigenvalue weighted by Gasteiger charge is 2.15. The lowest BCUT2D eigenvalue weighted by Crippen LogP contribution is -2.42. The second kappa shape index (κ2) is 7.49. The number of amides is 1. The number of carbonyl (C=O) groups excluding carboxylic acids is 1. The predicted octanol–water partition coefficient (Wildman–Crippen LogP) is 0.738. The molecule has 0 aliphatic carbocycles. The largest absolute Gasteiger partial charge is 0.409 e. The normalized spacial score (nSPS) is 13.1. The molecular weight excluding hydrogens is 256 g/mol. The highest BCUT2D eigenvalue weighted by Crippen LogP contribution is 2.05. The fourth-order valence-corrected chi connectivity index (χ4v) is 1.74. The van der Waals surface area contributed by atoms with Gasteiger partial charge in [0.2, 0.25) is 5.91 Å². The molecule has 0 bridgehead atoms. The molecule has 0 aliphatic rings. The van der Waals surface area contributed by atoms with Gasteiger partial charge < -0.3 is 21.2 Å². The van der Waals surface area contributed by atoms with Gasteiger partial charge in [-0.2, -0.15) is 0 Å². The number of likely N-dealkylation sites (N-methyl/N-ethyl adjacent to an activating group) is 1. The van der Waals surface area contributed by atoms with Crippen LogP contribution in [-0.4, -0.2) is 41.5 Å². The Morgan fingerprint density at radius 2 is 2.25 bits per heavy atom. The molecule has 0 spiro atoms. The maximum Gasteiger partial charge on any atom is 0.239 e. The number of carbonyl (C=O) groups is 1. The van der Waals surface area contributed by atoms with Crippen molar-refractivity contribution in [1.82, 2.24) is 10.2 Å². The summed E-state index contributed by atoms with van der Waals surface area (Å²) in [5.41, 5.74) is 7.16. The van der Waals surface area contributed by atoms with Crippen LogP contribution in [0.2, 0.25) is 0 Å². The van der Waals surface area contributed by atoms with E-state index in [4.69, 9.17) is 10.9 Å². The van der Waals surface area contributed by atoms with Crippen LogP contribution in [0.3, 0.4) is 0 Å². The Kier molecular flexibility index (Phi) is 5.99. The van der Waals surface area contributed by atoms with Crippen molar-refractivity contribution < 1.29 is 10.0 Å². The minimum atomic E-state index is -0.257. The minimum absolute atomic E-state index is 0.0556. The molecule has 110 valence electrons. The summed E-state index contributed by atoms with van der Waals surface area (Å²) >= 11 is 0. The topological polar surface area (TPSA) is 91.0 Å². The molecule has 0 heterocycles. The van der Waals surface area contributed by atoms with Crippen molar-refractivity contribution in [3.63, 3.8) is 0 Å². The first-order valence-electron chi connectivity index (χ1n) is 6.54. The lowest BCUT2D eigenvalue weighted by Gasteiger charge is -2.20. The molecular formula is C14H22N4O2. The van der Waals surface area contributed by atoms with E-state index in [1.165, 1.54) is 0 Å². The Morgan fingerprint density at radius 3 is 2.85 bits per heavy atom. The first kappa shape index (κ1) is 16.0. The van der Waals surface area contributed by atoms with Crippen molar-refractivity contribution in [1.29, 1.82) is 0 Å². The van der Waals surface area contributed by atoms with E-state index >= 15 is 0 Å². The van der Waals surface area contributed by atoms with Crippen LogP contribution < -0.4 is 11.1 Å². The minimum Gasteiger partial charge on any atom is -0.409 e. The van der Waals surface area contributed by atoms with Gasteiger partial charge in [0, 0.05) is 25.7 Å². The summed E-state index contributed by atoms with van der Waals surface area (Å²) in [6.45, 7) is 4.99. The van der Waals surface area contributed by atoms with Gasteiger partial charge >= 0.3 is 0 Å². The third-order valence-electron chi connectivity index (χ3n) is 3.16. The van der Waals surface area contributed by atoms with Gasteiger partial charge in [-0.25, -0.2) is 0 Å². The number of amidine groups is 1. The summed E-state index contributed by atoms with van der Waals surface area (Å²) in [4.78, 5) is 13.6. The van der Waals surface area contributed by atoms with Crippen LogP contribution in [0.15, 0.2) is 29.4 Å². The summed E-state index contributed by atoms with van der Waals surface area (Å²) in [7, 11) is 1.78. The molecule has 0 aliphatic heterocycles. The highest BCUT2D eigenvalue weighted by atomic mass is 16.4. The number of nitrogens with two attached hydrogens (primary N) is 1. The molecule has 4 N–H and O–H groups in total. The number of hydrogen-bond acceptors (Lipinski definition) is 4. The summed E-state index contributed by atoms with van der Waals surface area (Å²) in [6, 6.07) is 7.07. The zero-order chi connectivity index (χ0) is 15.1. The lowest BCUT2D eigenvalue weighted by molar-refractivity contribution is -0.131. The van der Waals surface area contributed by atoms with Gasteiger partial charge in [-0.15, -0.1) is 0 Å². The third kappa shape index (κ3) is 4.24. The monoisotopic (exact) mass is 278 g/mol. The van der Waals surface area contributed by atoms with Crippen molar-refractivity contribution >= 4 is 11.7 Å². The maximum atomic E-state index is 11.9. The first-order valence-corrected chi connectivity index (χ1v) is 6.54. The Hall–Kier alpha value is -2.08. The molecule has 6 heteroatoms. The third-order valence-corrected chi connectivity index (χ3v) is 3.16. The Balaban J connectivity index is 2.64. The zero-order valence-electron chi connectivity index (χ0n) is 12.1. The van der Waals surface area contributed by atoms with Crippen LogP contribution in [0, 0.1) is 0 Å². The van der Waals surface area contributed by atoms with E-state index in [9.17, 15) is 4.79 Å². The van der Waals surface area contributed by atoms with E-state index in [0.29, 0.717) is 18.7 Å². The van der Waals surface area contributed by atoms with Gasteiger partial charge in [0.1, 0.15) is 0 Å². The molecule has 1 amide bonds. The molecule has 1 unspecified atom stereocenters. The summed E-state index contributed by atoms with van der Waals surface area (Å²) in [5, 5.41) is 14.8. The molecule has 0 saturated heterocycles. The van der Waals surface area contributed by atoms with Crippen LogP contribution in [0.5, 0.6) is 0 Å². The molecule has 1 aromatic carbocycles. The van der Waals surface area contributed by atoms with E-state index in [0.717, 1.165) is 5.56 Å². The van der Waals surface area contributed by atoms with E-state index < -0.39 is 0 Å². The van der Waals surface area contributed by atoms with Crippen molar-refractivity contribution in [2.75, 3.05) is 13.6 Å². The van der Waals surface area contributed by atoms with Crippen LogP contribution in [0.4, 0.5) is 0 Å². The van der Waals surface area contributed by atoms with E-state index in [-0.39, 0.29) is 17.8 Å². The van der Waals surface area contributed by atoms with Crippen LogP contribution in [-0.2, 0) is 11.3 Å². The number of oxime groups is 1. The average Bonchev–Trinajstić information content (AvgIpc) is 2.50. The summed E-state index contributed by atoms with van der Waals surface area (Å²) < 4.78 is 0. The number of benzene rings is 1. The van der Waals surface area contributed by atoms with E-state index in [1.54, 1.807) is 18.0 Å². The Labute approximate surface area is 119 Å². The van der Waals surface area contributed by atoms with Crippen molar-refractivity contribution in [2.45, 2.75) is 26.4 Å². The van der Waals surface area contributed by atoms with Gasteiger partial charge in [0.05, 0.1) is 6.04 Å². The predicted molar refractivity (Wildman–Crippen MR) is 78.6 cm³/mol. The quantitative estimate of drug-likeness (QED) is 0.310. The first-order chi connectivity index (χ1) is 9.49. The molecule has 1 rings (SSSR count). The standard InChI is InChI=1S/C14H22N4O2/c1-4-18(3)14(19)10(2)16-9-11-6-5-7-12(8-11)13(15)17-20/h5-8,10,16,20H,4,9H2,1-3H3,(H2,15,17). The molecule has 20 heavy (non-hydrogen) atoms. The molecule has 1 atom stereocenters. The van der Waals surface area contributed by atoms with Crippen molar-refractivity contribution in [2.24, 2.45) is 10.9 Å². The number of rotatable bonds is 6. The fourth-order valence-electron chi connectivity index (χ4n) is 1.74. The molecule has 0 saturated carbocycles. The summed E-state index contributed by atoms with van der Waals surface area (Å²) in [6.07, 6.45) is 0. The van der Waals surface area contributed by atoms with E-state index in [2.05, 4.69) is 10.5 Å². The SMILES string of the molecule is CCN(C)C(=O)C(C)NCc1cccc(/C(N)=N/O)c1. The van der Waals surface area contributed by atoms with Crippen LogP contribution >= 0.6 is 0 Å². The number of nitrogens with one attached hydrogen (secondary N) is 1. The average molecular weight is 278 g/mol. The second-order valence-electron chi connectivity index (χ2n) is 4.64. The lowest BCUT2D eigenvalue weighted by atomic mass is 10.1. The van der Waals surface area contributed by atoms with Gasteiger partial charge in [-0.1, -0.05) is 23.4 Å². The second-order valence-corrected chi connectivity index (χ2v) is 4.64. The van der Waals surface area contributed by atoms with Gasteiger partial charge in [0.15, 0.2) is 5.84 Å². The Bertz CT molecular complexity index is 488. The van der Waals surface area contributed by atoms with Crippen LogP contribution in [0.1, 0.15) is 25.0 Å². The van der Waals surface area contributed by atoms with Gasteiger partial charge in [0.25, 0.3) is 0 Å². The maximum absolute atomic E-state index is 11.9. The molecule has 0 aromatic heterocycles. The highest BCUT2D eigenvalue weighted by molar-refractivity contribution is 5.97. The smallest absolute Gasteiger partial charge is 0.239 e. The van der Waals surface area contributed by atoms with E-state index in [1.807, 2.05) is 32.0 Å². The zero-order valence-corrected chi connectivity index (χ0v) is 12.1. The van der Waals surface area contributed by atoms with Gasteiger partial charge in [-0.05, 0) is 25.5 Å². The van der Waals surface area contributed by atoms with Gasteiger partial charge in [-0.3, -0.25) is 4.79 Å². The molecule has 0 radical (unpaired) electrons. The van der Waals surface area contributed by atoms with Crippen molar-refractivity contribution in [3.05, 3.63) is 35.4 Å².